The zero-order chi connectivity index (χ0) is 18.3. The number of nitrogens with one attached hydrogen (secondary N) is 1. The third-order valence-electron chi connectivity index (χ3n) is 4.81. The highest BCUT2D eigenvalue weighted by molar-refractivity contribution is 6.21. The molecule has 132 valence electrons. The molecule has 1 aliphatic heterocycles. The Morgan fingerprint density at radius 3 is 2.65 bits per heavy atom. The topological polar surface area (TPSA) is 75.7 Å². The van der Waals surface area contributed by atoms with E-state index in [1.807, 2.05) is 12.1 Å². The molecule has 6 nitrogen and oxygen atoms in total. The summed E-state index contributed by atoms with van der Waals surface area (Å²) in [6.45, 7) is -0.122. The second kappa shape index (κ2) is 6.29. The average molecular weight is 350 g/mol. The number of hydrogen-bond donors (Lipinski definition) is 1. The number of ether oxygens (including phenoxy) is 1. The molecule has 0 atom stereocenters. The lowest BCUT2D eigenvalue weighted by Crippen LogP contribution is -2.24. The summed E-state index contributed by atoms with van der Waals surface area (Å²) >= 11 is 0. The van der Waals surface area contributed by atoms with E-state index in [9.17, 15) is 14.4 Å². The van der Waals surface area contributed by atoms with Gasteiger partial charge in [0.2, 0.25) is 0 Å². The van der Waals surface area contributed by atoms with E-state index >= 15 is 0 Å². The molecule has 1 heterocycles. The van der Waals surface area contributed by atoms with Gasteiger partial charge in [-0.25, -0.2) is 0 Å². The van der Waals surface area contributed by atoms with Crippen molar-refractivity contribution in [2.75, 3.05) is 19.0 Å². The Balaban J connectivity index is 1.40. The Bertz CT molecular complexity index is 935. The van der Waals surface area contributed by atoms with E-state index in [2.05, 4.69) is 11.4 Å². The van der Waals surface area contributed by atoms with Crippen molar-refractivity contribution in [2.24, 2.45) is 0 Å². The molecule has 0 saturated carbocycles. The van der Waals surface area contributed by atoms with E-state index in [0.29, 0.717) is 22.6 Å². The zero-order valence-electron chi connectivity index (χ0n) is 14.4. The fraction of sp³-hybridized carbons (Fsp3) is 0.250. The smallest absolute Gasteiger partial charge is 0.262 e. The van der Waals surface area contributed by atoms with Crippen molar-refractivity contribution < 1.29 is 19.1 Å². The van der Waals surface area contributed by atoms with Crippen molar-refractivity contribution in [3.63, 3.8) is 0 Å². The van der Waals surface area contributed by atoms with Crippen molar-refractivity contribution in [3.05, 3.63) is 58.7 Å². The Hall–Kier alpha value is -3.15. The van der Waals surface area contributed by atoms with E-state index < -0.39 is 0 Å². The van der Waals surface area contributed by atoms with Gasteiger partial charge < -0.3 is 10.1 Å². The number of benzene rings is 2. The maximum absolute atomic E-state index is 12.1. The normalized spacial score (nSPS) is 15.0. The van der Waals surface area contributed by atoms with Crippen molar-refractivity contribution in [1.29, 1.82) is 0 Å². The van der Waals surface area contributed by atoms with Crippen molar-refractivity contribution in [1.82, 2.24) is 4.90 Å². The molecule has 0 radical (unpaired) electrons. The fourth-order valence-corrected chi connectivity index (χ4v) is 3.42. The van der Waals surface area contributed by atoms with Crippen molar-refractivity contribution in [2.45, 2.75) is 19.3 Å². The molecule has 0 unspecified atom stereocenters. The van der Waals surface area contributed by atoms with Crippen LogP contribution >= 0.6 is 0 Å². The SMILES string of the molecule is CN1C(=O)c2ccc(NC(=O)COc3ccc4c(c3)CCC4)cc2C1=O. The van der Waals surface area contributed by atoms with Gasteiger partial charge in [0.25, 0.3) is 17.7 Å². The van der Waals surface area contributed by atoms with Crippen LogP contribution in [0.4, 0.5) is 5.69 Å². The number of aryl methyl sites for hydroxylation is 2. The van der Waals surface area contributed by atoms with E-state index in [-0.39, 0.29) is 24.3 Å². The molecule has 0 aromatic heterocycles. The number of amides is 3. The maximum atomic E-state index is 12.1. The molecule has 2 aliphatic rings. The Morgan fingerprint density at radius 2 is 1.81 bits per heavy atom. The summed E-state index contributed by atoms with van der Waals surface area (Å²) in [5, 5.41) is 2.70. The number of anilines is 1. The molecule has 1 aliphatic carbocycles. The number of nitrogens with zero attached hydrogens (tertiary/aromatic N) is 1. The van der Waals surface area contributed by atoms with Crippen LogP contribution in [0, 0.1) is 0 Å². The van der Waals surface area contributed by atoms with Crippen LogP contribution in [0.3, 0.4) is 0 Å². The molecule has 0 fully saturated rings. The molecule has 26 heavy (non-hydrogen) atoms. The van der Waals surface area contributed by atoms with Crippen LogP contribution in [0.2, 0.25) is 0 Å². The van der Waals surface area contributed by atoms with E-state index in [0.717, 1.165) is 24.2 Å². The molecule has 6 heteroatoms. The third kappa shape index (κ3) is 2.83. The summed E-state index contributed by atoms with van der Waals surface area (Å²) in [4.78, 5) is 37.1. The summed E-state index contributed by atoms with van der Waals surface area (Å²) in [5.74, 6) is -0.342. The predicted molar refractivity (Wildman–Crippen MR) is 95.5 cm³/mol. The van der Waals surface area contributed by atoms with Gasteiger partial charge in [0.1, 0.15) is 5.75 Å². The molecule has 2 aromatic rings. The maximum Gasteiger partial charge on any atom is 0.262 e. The van der Waals surface area contributed by atoms with Crippen LogP contribution in [0.1, 0.15) is 38.3 Å². The minimum atomic E-state index is -0.365. The van der Waals surface area contributed by atoms with Gasteiger partial charge in [0.05, 0.1) is 11.1 Å². The third-order valence-corrected chi connectivity index (χ3v) is 4.81. The number of rotatable bonds is 4. The number of carbonyl (C=O) groups excluding carboxylic acids is 3. The average Bonchev–Trinajstić information content (AvgIpc) is 3.19. The molecule has 3 amide bonds. The van der Waals surface area contributed by atoms with Crippen LogP contribution in [0.15, 0.2) is 36.4 Å². The van der Waals surface area contributed by atoms with Crippen molar-refractivity contribution >= 4 is 23.4 Å². The lowest BCUT2D eigenvalue weighted by atomic mass is 10.1. The monoisotopic (exact) mass is 350 g/mol. The van der Waals surface area contributed by atoms with Gasteiger partial charge in [-0.3, -0.25) is 19.3 Å². The van der Waals surface area contributed by atoms with Crippen LogP contribution in [-0.4, -0.2) is 36.3 Å². The van der Waals surface area contributed by atoms with Crippen molar-refractivity contribution in [3.8, 4) is 5.75 Å². The van der Waals surface area contributed by atoms with Crippen LogP contribution in [0.5, 0.6) is 5.75 Å². The van der Waals surface area contributed by atoms with Gasteiger partial charge in [-0.15, -0.1) is 0 Å². The molecule has 1 N–H and O–H groups in total. The van der Waals surface area contributed by atoms with Crippen LogP contribution in [0.25, 0.3) is 0 Å². The first-order chi connectivity index (χ1) is 12.5. The Labute approximate surface area is 150 Å². The molecule has 0 bridgehead atoms. The number of imide groups is 1. The van der Waals surface area contributed by atoms with Gasteiger partial charge in [-0.2, -0.15) is 0 Å². The summed E-state index contributed by atoms with van der Waals surface area (Å²) in [7, 11) is 1.44. The largest absolute Gasteiger partial charge is 0.484 e. The van der Waals surface area contributed by atoms with Gasteiger partial charge >= 0.3 is 0 Å². The predicted octanol–water partition coefficient (Wildman–Crippen LogP) is 2.42. The highest BCUT2D eigenvalue weighted by atomic mass is 16.5. The zero-order valence-corrected chi connectivity index (χ0v) is 14.4. The molecule has 2 aromatic carbocycles. The standard InChI is InChI=1S/C20H18N2O4/c1-22-19(24)16-8-6-14(10-17(16)20(22)25)21-18(23)11-26-15-7-5-12-3-2-4-13(12)9-15/h5-10H,2-4,11H2,1H3,(H,21,23). The molecular weight excluding hydrogens is 332 g/mol. The molecular formula is C20H18N2O4. The lowest BCUT2D eigenvalue weighted by molar-refractivity contribution is -0.118. The lowest BCUT2D eigenvalue weighted by Gasteiger charge is -2.09. The minimum absolute atomic E-state index is 0.122. The van der Waals surface area contributed by atoms with Gasteiger partial charge in [0.15, 0.2) is 6.61 Å². The molecule has 4 rings (SSSR count). The first-order valence-corrected chi connectivity index (χ1v) is 8.54. The Kier molecular flexibility index (Phi) is 3.95. The molecule has 0 spiro atoms. The first-order valence-electron chi connectivity index (χ1n) is 8.54. The van der Waals surface area contributed by atoms with E-state index in [1.54, 1.807) is 12.1 Å². The highest BCUT2D eigenvalue weighted by Gasteiger charge is 2.32. The number of fused-ring (bicyclic) bond motifs is 2. The van der Waals surface area contributed by atoms with Gasteiger partial charge in [-0.1, -0.05) is 6.07 Å². The fourth-order valence-electron chi connectivity index (χ4n) is 3.42. The Morgan fingerprint density at radius 1 is 1.04 bits per heavy atom. The quantitative estimate of drug-likeness (QED) is 0.859. The van der Waals surface area contributed by atoms with Gasteiger partial charge in [0, 0.05) is 12.7 Å². The second-order valence-electron chi connectivity index (χ2n) is 6.55. The second-order valence-corrected chi connectivity index (χ2v) is 6.55. The number of hydrogen-bond acceptors (Lipinski definition) is 4. The van der Waals surface area contributed by atoms with E-state index in [4.69, 9.17) is 4.74 Å². The summed E-state index contributed by atoms with van der Waals surface area (Å²) in [6.07, 6.45) is 3.31. The van der Waals surface area contributed by atoms with Gasteiger partial charge in [-0.05, 0) is 60.7 Å². The summed E-state index contributed by atoms with van der Waals surface area (Å²) in [5.41, 5.74) is 3.75. The van der Waals surface area contributed by atoms with Crippen LogP contribution < -0.4 is 10.1 Å². The van der Waals surface area contributed by atoms with Crippen LogP contribution in [-0.2, 0) is 17.6 Å². The summed E-state index contributed by atoms with van der Waals surface area (Å²) in [6, 6.07) is 10.6. The minimum Gasteiger partial charge on any atom is -0.484 e. The van der Waals surface area contributed by atoms with E-state index in [1.165, 1.54) is 24.2 Å². The number of carbonyl (C=O) groups is 3. The molecule has 0 saturated heterocycles. The highest BCUT2D eigenvalue weighted by Crippen LogP contribution is 2.26. The first kappa shape index (κ1) is 16.3. The summed E-state index contributed by atoms with van der Waals surface area (Å²) < 4.78 is 5.57.